The molecule has 1 saturated heterocycles. The smallest absolute Gasteiger partial charge is 0.115 e. The summed E-state index contributed by atoms with van der Waals surface area (Å²) in [7, 11) is 2.25. The van der Waals surface area contributed by atoms with Crippen molar-refractivity contribution in [2.75, 3.05) is 26.7 Å². The van der Waals surface area contributed by atoms with Crippen molar-refractivity contribution in [3.63, 3.8) is 0 Å². The van der Waals surface area contributed by atoms with Gasteiger partial charge in [0.1, 0.15) is 5.75 Å². The molecular weight excluding hydrogens is 248 g/mol. The minimum Gasteiger partial charge on any atom is -0.508 e. The van der Waals surface area contributed by atoms with Crippen molar-refractivity contribution < 1.29 is 5.11 Å². The molecule has 0 saturated carbocycles. The van der Waals surface area contributed by atoms with Gasteiger partial charge >= 0.3 is 0 Å². The van der Waals surface area contributed by atoms with Crippen molar-refractivity contribution >= 4 is 0 Å². The van der Waals surface area contributed by atoms with Crippen molar-refractivity contribution in [1.29, 1.82) is 0 Å². The second kappa shape index (κ2) is 5.74. The Morgan fingerprint density at radius 1 is 1.30 bits per heavy atom. The number of benzene rings is 1. The summed E-state index contributed by atoms with van der Waals surface area (Å²) in [4.78, 5) is 5.17. The first kappa shape index (κ1) is 13.9. The van der Waals surface area contributed by atoms with Gasteiger partial charge in [-0.1, -0.05) is 13.0 Å². The Hall–Kier alpha value is -1.06. The van der Waals surface area contributed by atoms with E-state index in [9.17, 15) is 5.11 Å². The Morgan fingerprint density at radius 2 is 2.15 bits per heavy atom. The van der Waals surface area contributed by atoms with Gasteiger partial charge in [-0.2, -0.15) is 0 Å². The number of nitrogens with zero attached hydrogens (tertiary/aromatic N) is 2. The first-order chi connectivity index (χ1) is 9.69. The number of hydrogen-bond acceptors (Lipinski definition) is 3. The summed E-state index contributed by atoms with van der Waals surface area (Å²) in [5.74, 6) is 0.411. The van der Waals surface area contributed by atoms with Crippen LogP contribution in [0.3, 0.4) is 0 Å². The van der Waals surface area contributed by atoms with Crippen LogP contribution in [-0.2, 0) is 6.42 Å². The lowest BCUT2D eigenvalue weighted by molar-refractivity contribution is 0.0560. The molecule has 1 aromatic carbocycles. The molecule has 20 heavy (non-hydrogen) atoms. The van der Waals surface area contributed by atoms with Gasteiger partial charge < -0.3 is 10.0 Å². The third kappa shape index (κ3) is 2.57. The Bertz CT molecular complexity index is 474. The Labute approximate surface area is 122 Å². The Kier molecular flexibility index (Phi) is 3.99. The van der Waals surface area contributed by atoms with Crippen LogP contribution < -0.4 is 0 Å². The first-order valence-electron chi connectivity index (χ1n) is 7.95. The van der Waals surface area contributed by atoms with Gasteiger partial charge in [-0.3, -0.25) is 4.90 Å². The molecule has 2 atom stereocenters. The maximum absolute atomic E-state index is 9.68. The average Bonchev–Trinajstić information content (AvgIpc) is 2.47. The number of fused-ring (bicyclic) bond motifs is 1. The van der Waals surface area contributed by atoms with E-state index >= 15 is 0 Å². The molecule has 1 aromatic rings. The molecule has 1 heterocycles. The Morgan fingerprint density at radius 3 is 2.95 bits per heavy atom. The minimum absolute atomic E-state index is 0.411. The maximum Gasteiger partial charge on any atom is 0.115 e. The molecule has 0 amide bonds. The van der Waals surface area contributed by atoms with Crippen LogP contribution in [0.25, 0.3) is 0 Å². The zero-order valence-electron chi connectivity index (χ0n) is 12.7. The highest BCUT2D eigenvalue weighted by atomic mass is 16.3. The van der Waals surface area contributed by atoms with Gasteiger partial charge in [-0.25, -0.2) is 0 Å². The zero-order chi connectivity index (χ0) is 14.1. The van der Waals surface area contributed by atoms with E-state index in [1.165, 1.54) is 43.5 Å². The van der Waals surface area contributed by atoms with Crippen molar-refractivity contribution in [2.45, 2.75) is 44.7 Å². The summed E-state index contributed by atoms with van der Waals surface area (Å²) < 4.78 is 0. The molecule has 110 valence electrons. The van der Waals surface area contributed by atoms with Crippen LogP contribution >= 0.6 is 0 Å². The van der Waals surface area contributed by atoms with Gasteiger partial charge in [0, 0.05) is 31.7 Å². The molecule has 0 bridgehead atoms. The van der Waals surface area contributed by atoms with Gasteiger partial charge in [-0.15, -0.1) is 0 Å². The third-order valence-corrected chi connectivity index (χ3v) is 5.13. The van der Waals surface area contributed by atoms with Crippen LogP contribution in [-0.4, -0.2) is 47.6 Å². The van der Waals surface area contributed by atoms with Crippen LogP contribution in [0.4, 0.5) is 0 Å². The van der Waals surface area contributed by atoms with Crippen molar-refractivity contribution in [1.82, 2.24) is 9.80 Å². The van der Waals surface area contributed by atoms with Gasteiger partial charge in [0.05, 0.1) is 0 Å². The van der Waals surface area contributed by atoms with Crippen LogP contribution in [0.15, 0.2) is 18.2 Å². The molecular formula is C17H26N2O. The molecule has 1 N–H and O–H groups in total. The van der Waals surface area contributed by atoms with Gasteiger partial charge in [0.2, 0.25) is 0 Å². The summed E-state index contributed by atoms with van der Waals surface area (Å²) in [6.45, 7) is 5.80. The molecule has 0 spiro atoms. The van der Waals surface area contributed by atoms with Crippen molar-refractivity contribution in [3.8, 4) is 5.75 Å². The van der Waals surface area contributed by atoms with E-state index < -0.39 is 0 Å². The number of hydrogen-bond donors (Lipinski definition) is 1. The second-order valence-electron chi connectivity index (χ2n) is 6.33. The molecule has 1 aliphatic carbocycles. The normalized spacial score (nSPS) is 28.3. The molecule has 2 aliphatic rings. The molecule has 1 fully saturated rings. The highest BCUT2D eigenvalue weighted by Crippen LogP contribution is 2.36. The molecule has 0 aromatic heterocycles. The Balaban J connectivity index is 1.82. The van der Waals surface area contributed by atoms with Crippen molar-refractivity contribution in [3.05, 3.63) is 29.3 Å². The highest BCUT2D eigenvalue weighted by molar-refractivity contribution is 5.38. The molecule has 3 heteroatoms. The predicted octanol–water partition coefficient (Wildman–Crippen LogP) is 2.80. The molecule has 3 nitrogen and oxygen atoms in total. The van der Waals surface area contributed by atoms with Gasteiger partial charge in [-0.05, 0) is 56.0 Å². The number of phenols is 1. The molecule has 3 rings (SSSR count). The summed E-state index contributed by atoms with van der Waals surface area (Å²) in [5, 5.41) is 9.68. The fourth-order valence-corrected chi connectivity index (χ4v) is 3.85. The van der Waals surface area contributed by atoms with E-state index in [1.807, 2.05) is 12.1 Å². The van der Waals surface area contributed by atoms with E-state index in [2.05, 4.69) is 29.8 Å². The largest absolute Gasteiger partial charge is 0.508 e. The van der Waals surface area contributed by atoms with E-state index in [4.69, 9.17) is 0 Å². The maximum atomic E-state index is 9.68. The third-order valence-electron chi connectivity index (χ3n) is 5.13. The average molecular weight is 274 g/mol. The fraction of sp³-hybridized carbons (Fsp3) is 0.647. The predicted molar refractivity (Wildman–Crippen MR) is 82.1 cm³/mol. The summed E-state index contributed by atoms with van der Waals surface area (Å²) >= 11 is 0. The lowest BCUT2D eigenvalue weighted by Crippen LogP contribution is -2.52. The molecule has 1 aliphatic heterocycles. The SMILES string of the molecule is CCC1CN(C2CCCc3cc(O)ccc32)CCN1C. The van der Waals surface area contributed by atoms with E-state index in [0.29, 0.717) is 17.8 Å². The van der Waals surface area contributed by atoms with Crippen molar-refractivity contribution in [2.24, 2.45) is 0 Å². The zero-order valence-corrected chi connectivity index (χ0v) is 12.7. The van der Waals surface area contributed by atoms with E-state index in [-0.39, 0.29) is 0 Å². The minimum atomic E-state index is 0.411. The number of aryl methyl sites for hydroxylation is 1. The number of phenolic OH excluding ortho intramolecular Hbond substituents is 1. The van der Waals surface area contributed by atoms with E-state index in [0.717, 1.165) is 13.0 Å². The second-order valence-corrected chi connectivity index (χ2v) is 6.33. The monoisotopic (exact) mass is 274 g/mol. The topological polar surface area (TPSA) is 26.7 Å². The lowest BCUT2D eigenvalue weighted by Gasteiger charge is -2.44. The fourth-order valence-electron chi connectivity index (χ4n) is 3.85. The highest BCUT2D eigenvalue weighted by Gasteiger charge is 2.31. The summed E-state index contributed by atoms with van der Waals surface area (Å²) in [6, 6.07) is 7.21. The number of piperazine rings is 1. The van der Waals surface area contributed by atoms with Crippen LogP contribution in [0.2, 0.25) is 0 Å². The lowest BCUT2D eigenvalue weighted by atomic mass is 9.86. The van der Waals surface area contributed by atoms with Crippen LogP contribution in [0, 0.1) is 0 Å². The van der Waals surface area contributed by atoms with Crippen LogP contribution in [0.5, 0.6) is 5.75 Å². The molecule has 2 unspecified atom stereocenters. The van der Waals surface area contributed by atoms with Gasteiger partial charge in [0.25, 0.3) is 0 Å². The summed E-state index contributed by atoms with van der Waals surface area (Å²) in [5.41, 5.74) is 2.81. The number of rotatable bonds is 2. The van der Waals surface area contributed by atoms with Gasteiger partial charge in [0.15, 0.2) is 0 Å². The first-order valence-corrected chi connectivity index (χ1v) is 7.95. The standard InChI is InChI=1S/C17H26N2O/c1-3-14-12-19(10-9-18(14)2)17-6-4-5-13-11-15(20)7-8-16(13)17/h7-8,11,14,17,20H,3-6,9-10,12H2,1-2H3. The number of aromatic hydroxyl groups is 1. The molecule has 0 radical (unpaired) electrons. The van der Waals surface area contributed by atoms with E-state index in [1.54, 1.807) is 0 Å². The number of likely N-dealkylation sites (N-methyl/N-ethyl adjacent to an activating group) is 1. The van der Waals surface area contributed by atoms with Crippen LogP contribution in [0.1, 0.15) is 43.4 Å². The quantitative estimate of drug-likeness (QED) is 0.898. The summed E-state index contributed by atoms with van der Waals surface area (Å²) in [6.07, 6.45) is 4.84.